The molecule has 18 nitrogen and oxygen atoms in total. The van der Waals surface area contributed by atoms with Gasteiger partial charge in [-0.25, -0.2) is 0 Å². The predicted octanol–water partition coefficient (Wildman–Crippen LogP) is 25.0. The van der Waals surface area contributed by atoms with Crippen molar-refractivity contribution < 1.29 is 65.6 Å². The highest BCUT2D eigenvalue weighted by molar-refractivity contribution is 7.88. The molecule has 0 spiro atoms. The van der Waals surface area contributed by atoms with Crippen molar-refractivity contribution in [2.75, 3.05) is 19.6 Å². The first kappa shape index (κ1) is 70.6. The molecule has 132 heavy (non-hydrogen) atoms. The molecule has 34 rings (SSSR count). The minimum atomic E-state index is -3.84. The second-order valence-electron chi connectivity index (χ2n) is 37.1. The number of ether oxygens (including phenoxy) is 10. The van der Waals surface area contributed by atoms with E-state index in [0.29, 0.717) is 201 Å². The fourth-order valence-electron chi connectivity index (χ4n) is 25.1. The van der Waals surface area contributed by atoms with E-state index in [1.807, 2.05) is 194 Å². The summed E-state index contributed by atoms with van der Waals surface area (Å²) in [5, 5.41) is 10.0. The van der Waals surface area contributed by atoms with Crippen LogP contribution in [0.25, 0.3) is 43.8 Å². The van der Waals surface area contributed by atoms with E-state index in [9.17, 15) is 0 Å². The van der Waals surface area contributed by atoms with Crippen molar-refractivity contribution in [1.82, 2.24) is 0 Å². The van der Waals surface area contributed by atoms with Gasteiger partial charge in [-0.1, -0.05) is 161 Å². The van der Waals surface area contributed by atoms with Crippen LogP contribution in [0.15, 0.2) is 291 Å². The Bertz CT molecular complexity index is 8620. The number of fused-ring (bicyclic) bond motifs is 20. The number of hydrogen-bond donors (Lipinski definition) is 0. The van der Waals surface area contributed by atoms with E-state index >= 15 is 18.3 Å². The average Bonchev–Trinajstić information content (AvgIpc) is 0.895. The number of nitrogens with zero attached hydrogens (tertiary/aromatic N) is 4. The maximum atomic E-state index is 17.7. The molecular weight excluding hydrogens is 1730 g/mol. The van der Waals surface area contributed by atoms with Crippen molar-refractivity contribution in [1.29, 1.82) is 0 Å². The van der Waals surface area contributed by atoms with Crippen LogP contribution in [-0.2, 0) is 29.1 Å². The fraction of sp³-hybridized carbons (Fsp3) is 0.0545. The van der Waals surface area contributed by atoms with Crippen LogP contribution in [0.3, 0.4) is 0 Å². The first-order valence-electron chi connectivity index (χ1n) is 44.1. The SMILES string of the molecule is CC1(C)c2ccccc2-c2cc3c4c(c21)Oc1cccc2c1P4(=O)c1c(cc4c5c6c(cc4c1N3c1ccccc1)Oc1cccc3c1P6(=O)c1c(cc4c(c1O3)C(C)(C)c1ccccc1-4)N5c1ccccc1)O2.O=P12c3c4cccc3Oc3cc5c6c7c(cc5c(c31)N1c3ccccc3Oc3ccc(c2c31)O4)Oc1cccc2c1P7(=O)c1c(ccc3c1N6c1ccccc1O3)O2. The highest BCUT2D eigenvalue weighted by Gasteiger charge is 2.64. The second kappa shape index (κ2) is 22.7. The molecule has 0 N–H and O–H groups in total. The van der Waals surface area contributed by atoms with E-state index in [-0.39, 0.29) is 0 Å². The van der Waals surface area contributed by atoms with E-state index in [4.69, 9.17) is 47.4 Å². The molecule has 16 aliphatic rings. The van der Waals surface area contributed by atoms with Gasteiger partial charge in [-0.05, 0) is 191 Å². The molecule has 0 bridgehead atoms. The van der Waals surface area contributed by atoms with Crippen molar-refractivity contribution in [2.24, 2.45) is 0 Å². The van der Waals surface area contributed by atoms with E-state index < -0.39 is 39.4 Å². The summed E-state index contributed by atoms with van der Waals surface area (Å²) in [5.41, 5.74) is 16.8. The van der Waals surface area contributed by atoms with Crippen LogP contribution < -0.4 is 131 Å². The average molecular weight is 1790 g/mol. The third kappa shape index (κ3) is 7.69. The smallest absolute Gasteiger partial charge is 0.190 e. The zero-order valence-corrected chi connectivity index (χ0v) is 73.6. The summed E-state index contributed by atoms with van der Waals surface area (Å²) in [4.78, 5) is 8.84. The topological polar surface area (TPSA) is 174 Å². The third-order valence-electron chi connectivity index (χ3n) is 30.1. The predicted molar refractivity (Wildman–Crippen MR) is 514 cm³/mol. The molecule has 14 heterocycles. The monoisotopic (exact) mass is 1780 g/mol. The van der Waals surface area contributed by atoms with Crippen LogP contribution >= 0.6 is 28.6 Å². The Morgan fingerprint density at radius 3 is 0.833 bits per heavy atom. The number of rotatable bonds is 2. The van der Waals surface area contributed by atoms with Crippen LogP contribution in [0, 0.1) is 0 Å². The molecule has 14 aliphatic heterocycles. The molecule has 4 atom stereocenters. The minimum absolute atomic E-state index is 0.448. The third-order valence-corrected chi connectivity index (χ3v) is 42.8. The zero-order valence-electron chi connectivity index (χ0n) is 70.0. The number of para-hydroxylation sites is 6. The van der Waals surface area contributed by atoms with Crippen molar-refractivity contribution in [2.45, 2.75) is 38.5 Å². The van der Waals surface area contributed by atoms with Gasteiger partial charge in [-0.3, -0.25) is 0 Å². The standard InChI is InChI=1S/C64H40N2O6P2.C46H20N2O8P2/c1-63(2)41-23-13-11-21-35(41)37-29-43-57-55(51(37)63)71-47-27-15-25-45-59(47)73(57,67)61-49(69-45)31-40-39(53(61)65(43)33-17-7-5-8-18-33)32-50-62-54(40)66(34-19-9-6-10-20-34)44-30-38-36-22-12-14-24-42(36)64(3,4)52(38)56-58(44)74(62,68)60-46(70-50)26-16-28-48(60)72-56;49-57-41-29-11-5-13-31(41)55-35-20-22-21(37(45(35)57)47-23-7-1-3-9-25(23)51-27-15-17-33(53-29)43(57)39(27)47)19-36-46-38(22)48-24-8-2-4-10-26(24)52-28-16-18-34-44(40(28)48)58(46,50)42-30(54-34)12-6-14-32(42)56-36/h5-32H,1-4H3;1-20H. The molecule has 4 unspecified atom stereocenters. The lowest BCUT2D eigenvalue weighted by molar-refractivity contribution is 0.451. The van der Waals surface area contributed by atoms with Crippen LogP contribution in [0.1, 0.15) is 49.9 Å². The summed E-state index contributed by atoms with van der Waals surface area (Å²) < 4.78 is 138. The Labute approximate surface area is 751 Å². The molecule has 22 heteroatoms. The van der Waals surface area contributed by atoms with Crippen LogP contribution in [0.5, 0.6) is 115 Å². The first-order valence-corrected chi connectivity index (χ1v) is 50.9. The fourth-order valence-corrected chi connectivity index (χ4v) is 38.8. The van der Waals surface area contributed by atoms with Crippen LogP contribution in [0.2, 0.25) is 0 Å². The van der Waals surface area contributed by atoms with Gasteiger partial charge in [0.2, 0.25) is 0 Å². The van der Waals surface area contributed by atoms with Crippen molar-refractivity contribution in [3.8, 4) is 137 Å². The Kier molecular flexibility index (Phi) is 12.1. The van der Waals surface area contributed by atoms with Gasteiger partial charge in [0.15, 0.2) is 51.6 Å². The Morgan fingerprint density at radius 2 is 0.470 bits per heavy atom. The van der Waals surface area contributed by atoms with Gasteiger partial charge in [0.25, 0.3) is 0 Å². The van der Waals surface area contributed by atoms with Gasteiger partial charge < -0.3 is 85.2 Å². The minimum Gasteiger partial charge on any atom is -0.456 e. The molecule has 18 aromatic rings. The number of anilines is 12. The van der Waals surface area contributed by atoms with Crippen molar-refractivity contribution in [3.63, 3.8) is 0 Å². The molecule has 624 valence electrons. The molecule has 0 amide bonds. The van der Waals surface area contributed by atoms with E-state index in [2.05, 4.69) is 144 Å². The number of benzene rings is 18. The molecule has 0 saturated carbocycles. The van der Waals surface area contributed by atoms with Crippen molar-refractivity contribution >= 4 is 182 Å². The largest absolute Gasteiger partial charge is 0.456 e. The molecule has 0 radical (unpaired) electrons. The van der Waals surface area contributed by atoms with E-state index in [0.717, 1.165) is 100 Å². The highest BCUT2D eigenvalue weighted by Crippen LogP contribution is 2.77. The molecular formula is C110H60N4O14P4. The normalized spacial score (nSPS) is 20.3. The maximum absolute atomic E-state index is 17.7. The summed E-state index contributed by atoms with van der Waals surface area (Å²) >= 11 is 0. The molecule has 0 fully saturated rings. The van der Waals surface area contributed by atoms with E-state index in [1.54, 1.807) is 0 Å². The van der Waals surface area contributed by atoms with Gasteiger partial charge in [0.1, 0.15) is 125 Å². The van der Waals surface area contributed by atoms with Crippen LogP contribution in [-0.4, -0.2) is 0 Å². The van der Waals surface area contributed by atoms with Crippen LogP contribution in [0.4, 0.5) is 68.2 Å². The van der Waals surface area contributed by atoms with Gasteiger partial charge in [-0.2, -0.15) is 0 Å². The Hall–Kier alpha value is -15.4. The Morgan fingerprint density at radius 1 is 0.205 bits per heavy atom. The van der Waals surface area contributed by atoms with Gasteiger partial charge in [-0.15, -0.1) is 0 Å². The highest BCUT2D eigenvalue weighted by atomic mass is 31.2. The zero-order chi connectivity index (χ0) is 86.7. The lowest BCUT2D eigenvalue weighted by atomic mass is 9.81. The first-order chi connectivity index (χ1) is 64.5. The summed E-state index contributed by atoms with van der Waals surface area (Å²) in [7, 11) is -15.1. The summed E-state index contributed by atoms with van der Waals surface area (Å²) in [6, 6.07) is 96.2. The molecule has 0 aromatic heterocycles. The van der Waals surface area contributed by atoms with Gasteiger partial charge in [0.05, 0.1) is 87.9 Å². The summed E-state index contributed by atoms with van der Waals surface area (Å²) in [5.74, 6) is 10.5. The lowest BCUT2D eigenvalue weighted by Gasteiger charge is -2.48. The number of hydrogen-bond acceptors (Lipinski definition) is 18. The lowest BCUT2D eigenvalue weighted by Crippen LogP contribution is -2.44. The maximum Gasteiger partial charge on any atom is 0.190 e. The molecule has 0 saturated heterocycles. The van der Waals surface area contributed by atoms with E-state index in [1.165, 1.54) is 11.1 Å². The van der Waals surface area contributed by atoms with Gasteiger partial charge in [0, 0.05) is 54.9 Å². The summed E-state index contributed by atoms with van der Waals surface area (Å²) in [6.45, 7) is 8.97. The quantitative estimate of drug-likeness (QED) is 0.149. The van der Waals surface area contributed by atoms with Gasteiger partial charge >= 0.3 is 0 Å². The Balaban J connectivity index is 0.000000123. The van der Waals surface area contributed by atoms with Crippen molar-refractivity contribution in [3.05, 3.63) is 313 Å². The summed E-state index contributed by atoms with van der Waals surface area (Å²) in [6.07, 6.45) is 0. The molecule has 18 aromatic carbocycles. The second-order valence-corrected chi connectivity index (χ2v) is 47.4. The molecule has 2 aliphatic carbocycles.